The zero-order valence-electron chi connectivity index (χ0n) is 15.6. The van der Waals surface area contributed by atoms with Gasteiger partial charge in [-0.25, -0.2) is 9.98 Å². The van der Waals surface area contributed by atoms with E-state index in [0.717, 1.165) is 22.7 Å². The number of hydrogen-bond acceptors (Lipinski definition) is 3. The molecular formula is C19H27BrN4O. The lowest BCUT2D eigenvalue weighted by Gasteiger charge is -2.19. The monoisotopic (exact) mass is 406 g/mol. The van der Waals surface area contributed by atoms with Crippen molar-refractivity contribution in [1.82, 2.24) is 15.6 Å². The Morgan fingerprint density at radius 2 is 2.04 bits per heavy atom. The number of hydrogen-bond donors (Lipinski definition) is 2. The molecule has 2 rings (SSSR count). The zero-order chi connectivity index (χ0) is 18.4. The SMILES string of the molecule is CCNC(=NCc1ncc(C(C)(C)C)o1)NC(C)c1ccccc1Br. The van der Waals surface area contributed by atoms with Crippen molar-refractivity contribution < 1.29 is 4.42 Å². The van der Waals surface area contributed by atoms with Crippen LogP contribution >= 0.6 is 15.9 Å². The van der Waals surface area contributed by atoms with Gasteiger partial charge in [0.15, 0.2) is 5.96 Å². The lowest BCUT2D eigenvalue weighted by molar-refractivity contribution is 0.383. The van der Waals surface area contributed by atoms with Crippen LogP contribution in [0.1, 0.15) is 57.9 Å². The predicted octanol–water partition coefficient (Wildman–Crippen LogP) is 4.55. The van der Waals surface area contributed by atoms with Gasteiger partial charge < -0.3 is 15.1 Å². The van der Waals surface area contributed by atoms with Crippen molar-refractivity contribution in [3.05, 3.63) is 52.1 Å². The third-order valence-corrected chi connectivity index (χ3v) is 4.46. The Morgan fingerprint density at radius 3 is 2.64 bits per heavy atom. The van der Waals surface area contributed by atoms with Crippen LogP contribution in [-0.2, 0) is 12.0 Å². The second kappa shape index (κ2) is 8.52. The number of nitrogens with zero attached hydrogens (tertiary/aromatic N) is 2. The number of halogens is 1. The van der Waals surface area contributed by atoms with Crippen molar-refractivity contribution in [3.63, 3.8) is 0 Å². The second-order valence-electron chi connectivity index (χ2n) is 6.95. The van der Waals surface area contributed by atoms with E-state index in [9.17, 15) is 0 Å². The Kier molecular flexibility index (Phi) is 6.64. The Hall–Kier alpha value is -1.82. The van der Waals surface area contributed by atoms with Gasteiger partial charge in [0.1, 0.15) is 12.3 Å². The van der Waals surface area contributed by atoms with E-state index >= 15 is 0 Å². The molecular weight excluding hydrogens is 380 g/mol. The molecule has 0 aliphatic rings. The number of rotatable bonds is 5. The van der Waals surface area contributed by atoms with Crippen LogP contribution in [0, 0.1) is 0 Å². The first-order chi connectivity index (χ1) is 11.8. The lowest BCUT2D eigenvalue weighted by atomic mass is 9.94. The molecule has 1 unspecified atom stereocenters. The van der Waals surface area contributed by atoms with Gasteiger partial charge in [-0.1, -0.05) is 54.9 Å². The fourth-order valence-electron chi connectivity index (χ4n) is 2.31. The molecule has 25 heavy (non-hydrogen) atoms. The summed E-state index contributed by atoms with van der Waals surface area (Å²) in [6, 6.07) is 8.29. The number of benzene rings is 1. The largest absolute Gasteiger partial charge is 0.443 e. The molecule has 0 saturated heterocycles. The van der Waals surface area contributed by atoms with Crippen molar-refractivity contribution in [2.45, 2.75) is 52.6 Å². The molecule has 1 aromatic heterocycles. The van der Waals surface area contributed by atoms with Crippen LogP contribution in [-0.4, -0.2) is 17.5 Å². The standard InChI is InChI=1S/C19H27BrN4O/c1-6-21-18(24-13(2)14-9-7-8-10-15(14)20)23-12-17-22-11-16(25-17)19(3,4)5/h7-11,13H,6,12H2,1-5H3,(H2,21,23,24). The van der Waals surface area contributed by atoms with E-state index in [-0.39, 0.29) is 11.5 Å². The quantitative estimate of drug-likeness (QED) is 0.564. The topological polar surface area (TPSA) is 62.5 Å². The van der Waals surface area contributed by atoms with E-state index < -0.39 is 0 Å². The molecule has 1 heterocycles. The van der Waals surface area contributed by atoms with Crippen molar-refractivity contribution in [1.29, 1.82) is 0 Å². The average molecular weight is 407 g/mol. The molecule has 0 amide bonds. The van der Waals surface area contributed by atoms with Crippen LogP contribution in [0.15, 0.2) is 44.3 Å². The van der Waals surface area contributed by atoms with Gasteiger partial charge in [-0.3, -0.25) is 0 Å². The summed E-state index contributed by atoms with van der Waals surface area (Å²) in [4.78, 5) is 8.93. The summed E-state index contributed by atoms with van der Waals surface area (Å²) in [5.41, 5.74) is 1.13. The fourth-order valence-corrected chi connectivity index (χ4v) is 2.93. The maximum absolute atomic E-state index is 5.80. The lowest BCUT2D eigenvalue weighted by Crippen LogP contribution is -2.38. The average Bonchev–Trinajstić information content (AvgIpc) is 3.02. The first-order valence-corrected chi connectivity index (χ1v) is 9.35. The fraction of sp³-hybridized carbons (Fsp3) is 0.474. The molecule has 2 N–H and O–H groups in total. The van der Waals surface area contributed by atoms with Crippen molar-refractivity contribution in [3.8, 4) is 0 Å². The van der Waals surface area contributed by atoms with Gasteiger partial charge in [0.2, 0.25) is 5.89 Å². The molecule has 0 aliphatic carbocycles. The van der Waals surface area contributed by atoms with Crippen LogP contribution in [0.2, 0.25) is 0 Å². The van der Waals surface area contributed by atoms with E-state index in [4.69, 9.17) is 4.42 Å². The third-order valence-electron chi connectivity index (χ3n) is 3.73. The Bertz CT molecular complexity index is 718. The number of oxazole rings is 1. The normalized spacial score (nSPS) is 13.6. The molecule has 6 heteroatoms. The predicted molar refractivity (Wildman–Crippen MR) is 106 cm³/mol. The van der Waals surface area contributed by atoms with Gasteiger partial charge in [0.05, 0.1) is 12.2 Å². The summed E-state index contributed by atoms with van der Waals surface area (Å²) < 4.78 is 6.88. The van der Waals surface area contributed by atoms with Crippen LogP contribution in [0.25, 0.3) is 0 Å². The molecule has 1 aromatic carbocycles. The summed E-state index contributed by atoms with van der Waals surface area (Å²) in [5.74, 6) is 2.23. The molecule has 5 nitrogen and oxygen atoms in total. The van der Waals surface area contributed by atoms with E-state index in [1.54, 1.807) is 6.20 Å². The summed E-state index contributed by atoms with van der Waals surface area (Å²) in [5, 5.41) is 6.69. The second-order valence-corrected chi connectivity index (χ2v) is 7.81. The molecule has 0 fully saturated rings. The van der Waals surface area contributed by atoms with Gasteiger partial charge >= 0.3 is 0 Å². The molecule has 0 spiro atoms. The zero-order valence-corrected chi connectivity index (χ0v) is 17.1. The highest BCUT2D eigenvalue weighted by atomic mass is 79.9. The van der Waals surface area contributed by atoms with Crippen LogP contribution < -0.4 is 10.6 Å². The van der Waals surface area contributed by atoms with Crippen LogP contribution in [0.3, 0.4) is 0 Å². The highest BCUT2D eigenvalue weighted by Crippen LogP contribution is 2.23. The van der Waals surface area contributed by atoms with Gasteiger partial charge in [0, 0.05) is 16.4 Å². The summed E-state index contributed by atoms with van der Waals surface area (Å²) in [7, 11) is 0. The molecule has 2 aromatic rings. The maximum Gasteiger partial charge on any atom is 0.216 e. The van der Waals surface area contributed by atoms with E-state index in [2.05, 4.69) is 70.3 Å². The maximum atomic E-state index is 5.80. The van der Waals surface area contributed by atoms with Crippen LogP contribution in [0.4, 0.5) is 0 Å². The Balaban J connectivity index is 2.08. The first-order valence-electron chi connectivity index (χ1n) is 8.55. The molecule has 0 aliphatic heterocycles. The van der Waals surface area contributed by atoms with E-state index in [1.807, 2.05) is 25.1 Å². The smallest absolute Gasteiger partial charge is 0.216 e. The molecule has 136 valence electrons. The Labute approximate surface area is 158 Å². The Morgan fingerprint density at radius 1 is 1.32 bits per heavy atom. The van der Waals surface area contributed by atoms with Crippen molar-refractivity contribution in [2.24, 2.45) is 4.99 Å². The van der Waals surface area contributed by atoms with Gasteiger partial charge in [-0.15, -0.1) is 0 Å². The highest BCUT2D eigenvalue weighted by Gasteiger charge is 2.19. The minimum Gasteiger partial charge on any atom is -0.443 e. The van der Waals surface area contributed by atoms with Gasteiger partial charge in [-0.05, 0) is 25.5 Å². The molecule has 1 atom stereocenters. The minimum absolute atomic E-state index is 0.0498. The van der Waals surface area contributed by atoms with Crippen molar-refractivity contribution >= 4 is 21.9 Å². The molecule has 0 bridgehead atoms. The number of aromatic nitrogens is 1. The number of guanidine groups is 1. The van der Waals surface area contributed by atoms with Crippen LogP contribution in [0.5, 0.6) is 0 Å². The highest BCUT2D eigenvalue weighted by molar-refractivity contribution is 9.10. The number of nitrogens with one attached hydrogen (secondary N) is 2. The van der Waals surface area contributed by atoms with E-state index in [1.165, 1.54) is 5.56 Å². The summed E-state index contributed by atoms with van der Waals surface area (Å²) in [6.45, 7) is 11.6. The van der Waals surface area contributed by atoms with Gasteiger partial charge in [-0.2, -0.15) is 0 Å². The molecule has 0 saturated carbocycles. The van der Waals surface area contributed by atoms with E-state index in [0.29, 0.717) is 12.4 Å². The minimum atomic E-state index is -0.0498. The molecule has 0 radical (unpaired) electrons. The summed E-state index contributed by atoms with van der Waals surface area (Å²) in [6.07, 6.45) is 1.79. The number of aliphatic imine (C=N–C) groups is 1. The van der Waals surface area contributed by atoms with Gasteiger partial charge in [0.25, 0.3) is 0 Å². The third kappa shape index (κ3) is 5.59. The first kappa shape index (κ1) is 19.5. The summed E-state index contributed by atoms with van der Waals surface area (Å²) >= 11 is 3.60. The van der Waals surface area contributed by atoms with Crippen molar-refractivity contribution in [2.75, 3.05) is 6.54 Å².